The predicted molar refractivity (Wildman–Crippen MR) is 70.2 cm³/mol. The molecule has 0 aliphatic heterocycles. The number of anilines is 2. The summed E-state index contributed by atoms with van der Waals surface area (Å²) in [7, 11) is 0. The van der Waals surface area contributed by atoms with E-state index in [2.05, 4.69) is 0 Å². The second-order valence-electron chi connectivity index (χ2n) is 4.24. The van der Waals surface area contributed by atoms with Gasteiger partial charge in [0.2, 0.25) is 0 Å². The molecule has 2 aromatic rings. The Hall–Kier alpha value is -2.57. The summed E-state index contributed by atoms with van der Waals surface area (Å²) in [6.07, 6.45) is -4.63. The summed E-state index contributed by atoms with van der Waals surface area (Å²) >= 11 is 0. The van der Waals surface area contributed by atoms with Crippen molar-refractivity contribution in [1.82, 2.24) is 0 Å². The summed E-state index contributed by atoms with van der Waals surface area (Å²) < 4.78 is 51.9. The Morgan fingerprint density at radius 1 is 1.10 bits per heavy atom. The second-order valence-corrected chi connectivity index (χ2v) is 4.24. The van der Waals surface area contributed by atoms with Crippen molar-refractivity contribution >= 4 is 17.3 Å². The van der Waals surface area contributed by atoms with Crippen molar-refractivity contribution in [2.24, 2.45) is 0 Å². The van der Waals surface area contributed by atoms with E-state index in [4.69, 9.17) is 5.73 Å². The van der Waals surface area contributed by atoms with Crippen LogP contribution in [0.1, 0.15) is 15.9 Å². The van der Waals surface area contributed by atoms with Gasteiger partial charge in [0.05, 0.1) is 16.8 Å². The van der Waals surface area contributed by atoms with E-state index in [0.717, 1.165) is 24.3 Å². The Bertz CT molecular complexity index is 683. The van der Waals surface area contributed by atoms with Crippen LogP contribution in [-0.4, -0.2) is 5.91 Å². The van der Waals surface area contributed by atoms with Crippen LogP contribution in [0.5, 0.6) is 0 Å². The lowest BCUT2D eigenvalue weighted by Gasteiger charge is -2.13. The van der Waals surface area contributed by atoms with Gasteiger partial charge in [-0.3, -0.25) is 4.79 Å². The van der Waals surface area contributed by atoms with Crippen LogP contribution in [0, 0.1) is 5.82 Å². The first-order chi connectivity index (χ1) is 9.79. The topological polar surface area (TPSA) is 55.1 Å². The summed E-state index contributed by atoms with van der Waals surface area (Å²) in [4.78, 5) is 11.9. The second kappa shape index (κ2) is 5.43. The van der Waals surface area contributed by atoms with Gasteiger partial charge < -0.3 is 11.1 Å². The van der Waals surface area contributed by atoms with E-state index in [1.165, 1.54) is 18.2 Å². The van der Waals surface area contributed by atoms with Crippen LogP contribution in [0.4, 0.5) is 28.9 Å². The smallest absolute Gasteiger partial charge is 0.399 e. The minimum Gasteiger partial charge on any atom is -0.399 e. The molecule has 0 fully saturated rings. The number of rotatable bonds is 2. The van der Waals surface area contributed by atoms with Crippen LogP contribution in [0.2, 0.25) is 0 Å². The molecule has 2 aromatic carbocycles. The Morgan fingerprint density at radius 3 is 2.43 bits per heavy atom. The number of carbonyl (C=O) groups is 1. The molecule has 110 valence electrons. The minimum absolute atomic E-state index is 0.130. The molecule has 3 nitrogen and oxygen atoms in total. The van der Waals surface area contributed by atoms with Gasteiger partial charge in [-0.2, -0.15) is 13.2 Å². The van der Waals surface area contributed by atoms with E-state index in [1.807, 2.05) is 5.32 Å². The molecule has 0 aliphatic carbocycles. The highest BCUT2D eigenvalue weighted by Crippen LogP contribution is 2.34. The number of hydrogen-bond donors (Lipinski definition) is 2. The van der Waals surface area contributed by atoms with Crippen molar-refractivity contribution in [3.8, 4) is 0 Å². The molecule has 1 amide bonds. The lowest BCUT2D eigenvalue weighted by Crippen LogP contribution is -2.17. The quantitative estimate of drug-likeness (QED) is 0.656. The van der Waals surface area contributed by atoms with E-state index < -0.39 is 34.7 Å². The number of alkyl halides is 3. The Morgan fingerprint density at radius 2 is 1.76 bits per heavy atom. The average Bonchev–Trinajstić information content (AvgIpc) is 2.41. The predicted octanol–water partition coefficient (Wildman–Crippen LogP) is 3.68. The number of carbonyl (C=O) groups excluding carboxylic acids is 1. The standard InChI is InChI=1S/C14H10F4N2O/c15-11-6-5-8(19)7-9(11)13(21)20-12-4-2-1-3-10(12)14(16,17)18/h1-7H,19H2,(H,20,21). The molecule has 0 aliphatic rings. The SMILES string of the molecule is Nc1ccc(F)c(C(=O)Nc2ccccc2C(F)(F)F)c1. The van der Waals surface area contributed by atoms with E-state index >= 15 is 0 Å². The van der Waals surface area contributed by atoms with E-state index in [0.29, 0.717) is 0 Å². The molecule has 0 saturated carbocycles. The molecule has 0 aromatic heterocycles. The highest BCUT2D eigenvalue weighted by atomic mass is 19.4. The van der Waals surface area contributed by atoms with Crippen molar-refractivity contribution in [2.75, 3.05) is 11.1 Å². The molecular weight excluding hydrogens is 288 g/mol. The van der Waals surface area contributed by atoms with Gasteiger partial charge in [-0.15, -0.1) is 0 Å². The van der Waals surface area contributed by atoms with Crippen molar-refractivity contribution in [3.63, 3.8) is 0 Å². The lowest BCUT2D eigenvalue weighted by atomic mass is 10.1. The highest BCUT2D eigenvalue weighted by Gasteiger charge is 2.33. The molecule has 0 bridgehead atoms. The molecule has 0 saturated heterocycles. The Kier molecular flexibility index (Phi) is 3.84. The number of halogens is 4. The third kappa shape index (κ3) is 3.31. The van der Waals surface area contributed by atoms with Gasteiger partial charge in [-0.05, 0) is 30.3 Å². The van der Waals surface area contributed by atoms with E-state index in [-0.39, 0.29) is 5.69 Å². The molecule has 0 atom stereocenters. The normalized spacial score (nSPS) is 11.2. The van der Waals surface area contributed by atoms with Gasteiger partial charge in [0.25, 0.3) is 5.91 Å². The van der Waals surface area contributed by atoms with Gasteiger partial charge in [0.1, 0.15) is 5.82 Å². The molecule has 7 heteroatoms. The van der Waals surface area contributed by atoms with Gasteiger partial charge in [0.15, 0.2) is 0 Å². The summed E-state index contributed by atoms with van der Waals surface area (Å²) in [5, 5.41) is 2.05. The zero-order valence-electron chi connectivity index (χ0n) is 10.5. The van der Waals surface area contributed by atoms with Crippen molar-refractivity contribution in [3.05, 3.63) is 59.4 Å². The molecular formula is C14H10F4N2O. The lowest BCUT2D eigenvalue weighted by molar-refractivity contribution is -0.136. The van der Waals surface area contributed by atoms with Crippen LogP contribution in [0.25, 0.3) is 0 Å². The summed E-state index contributed by atoms with van der Waals surface area (Å²) in [5.74, 6) is -1.87. The maximum atomic E-state index is 13.5. The fourth-order valence-electron chi connectivity index (χ4n) is 1.75. The van der Waals surface area contributed by atoms with Crippen LogP contribution < -0.4 is 11.1 Å². The summed E-state index contributed by atoms with van der Waals surface area (Å²) in [5.41, 5.74) is 3.68. The van der Waals surface area contributed by atoms with Crippen LogP contribution >= 0.6 is 0 Å². The van der Waals surface area contributed by atoms with Crippen LogP contribution in [-0.2, 0) is 6.18 Å². The minimum atomic E-state index is -4.63. The van der Waals surface area contributed by atoms with Crippen molar-refractivity contribution < 1.29 is 22.4 Å². The third-order valence-electron chi connectivity index (χ3n) is 2.72. The van der Waals surface area contributed by atoms with Gasteiger partial charge in [-0.1, -0.05) is 12.1 Å². The Labute approximate surface area is 117 Å². The largest absolute Gasteiger partial charge is 0.418 e. The summed E-state index contributed by atoms with van der Waals surface area (Å²) in [6.45, 7) is 0. The summed E-state index contributed by atoms with van der Waals surface area (Å²) in [6, 6.07) is 7.72. The molecule has 0 unspecified atom stereocenters. The van der Waals surface area contributed by atoms with Crippen molar-refractivity contribution in [2.45, 2.75) is 6.18 Å². The first-order valence-electron chi connectivity index (χ1n) is 5.81. The first kappa shape index (κ1) is 14.8. The molecule has 2 rings (SSSR count). The van der Waals surface area contributed by atoms with Crippen LogP contribution in [0.15, 0.2) is 42.5 Å². The zero-order chi connectivity index (χ0) is 15.6. The van der Waals surface area contributed by atoms with Gasteiger partial charge in [-0.25, -0.2) is 4.39 Å². The molecule has 0 spiro atoms. The number of para-hydroxylation sites is 1. The molecule has 3 N–H and O–H groups in total. The number of nitrogen functional groups attached to an aromatic ring is 1. The van der Waals surface area contributed by atoms with Gasteiger partial charge in [0, 0.05) is 5.69 Å². The van der Waals surface area contributed by atoms with Crippen molar-refractivity contribution in [1.29, 1.82) is 0 Å². The van der Waals surface area contributed by atoms with E-state index in [1.54, 1.807) is 0 Å². The van der Waals surface area contributed by atoms with Gasteiger partial charge >= 0.3 is 6.18 Å². The monoisotopic (exact) mass is 298 g/mol. The number of nitrogens with one attached hydrogen (secondary N) is 1. The fraction of sp³-hybridized carbons (Fsp3) is 0.0714. The number of amides is 1. The number of nitrogens with two attached hydrogens (primary N) is 1. The van der Waals surface area contributed by atoms with E-state index in [9.17, 15) is 22.4 Å². The third-order valence-corrected chi connectivity index (χ3v) is 2.72. The average molecular weight is 298 g/mol. The fourth-order valence-corrected chi connectivity index (χ4v) is 1.75. The van der Waals surface area contributed by atoms with Crippen LogP contribution in [0.3, 0.4) is 0 Å². The molecule has 0 radical (unpaired) electrons. The molecule has 21 heavy (non-hydrogen) atoms. The number of hydrogen-bond acceptors (Lipinski definition) is 2. The molecule has 0 heterocycles. The maximum Gasteiger partial charge on any atom is 0.418 e. The maximum absolute atomic E-state index is 13.5. The first-order valence-corrected chi connectivity index (χ1v) is 5.81. The Balaban J connectivity index is 2.35. The number of benzene rings is 2. The highest BCUT2D eigenvalue weighted by molar-refractivity contribution is 6.05. The zero-order valence-corrected chi connectivity index (χ0v) is 10.5.